The number of thiophene rings is 1. The van der Waals surface area contributed by atoms with Gasteiger partial charge in [-0.25, -0.2) is 0 Å². The summed E-state index contributed by atoms with van der Waals surface area (Å²) in [6.45, 7) is 2.08. The number of rotatable bonds is 3. The molecule has 3 heteroatoms. The lowest BCUT2D eigenvalue weighted by atomic mass is 9.48. The number of hydrogen-bond donors (Lipinski definition) is 1. The van der Waals surface area contributed by atoms with Gasteiger partial charge in [0.1, 0.15) is 0 Å². The van der Waals surface area contributed by atoms with Crippen LogP contribution in [0.25, 0.3) is 0 Å². The minimum absolute atomic E-state index is 0.197. The van der Waals surface area contributed by atoms with Gasteiger partial charge < -0.3 is 5.73 Å². The quantitative estimate of drug-likeness (QED) is 0.804. The van der Waals surface area contributed by atoms with Crippen molar-refractivity contribution in [3.05, 3.63) is 20.8 Å². The molecule has 1 atom stereocenters. The van der Waals surface area contributed by atoms with Gasteiger partial charge in [0, 0.05) is 10.9 Å². The van der Waals surface area contributed by atoms with Gasteiger partial charge in [0.05, 0.1) is 4.34 Å². The molecule has 20 heavy (non-hydrogen) atoms. The second-order valence-electron chi connectivity index (χ2n) is 7.83. The van der Waals surface area contributed by atoms with E-state index in [1.54, 1.807) is 11.3 Å². The van der Waals surface area contributed by atoms with Gasteiger partial charge in [-0.2, -0.15) is 0 Å². The van der Waals surface area contributed by atoms with Crippen molar-refractivity contribution in [2.24, 2.45) is 28.9 Å². The van der Waals surface area contributed by atoms with E-state index in [0.717, 1.165) is 22.1 Å². The monoisotopic (exact) mass is 309 g/mol. The van der Waals surface area contributed by atoms with Gasteiger partial charge in [0.25, 0.3) is 0 Å². The van der Waals surface area contributed by atoms with Gasteiger partial charge in [-0.3, -0.25) is 0 Å². The van der Waals surface area contributed by atoms with Gasteiger partial charge >= 0.3 is 0 Å². The third kappa shape index (κ3) is 2.24. The molecular weight excluding hydrogens is 286 g/mol. The van der Waals surface area contributed by atoms with Crippen LogP contribution in [0.4, 0.5) is 0 Å². The molecule has 2 N–H and O–H groups in total. The Labute approximate surface area is 130 Å². The summed E-state index contributed by atoms with van der Waals surface area (Å²) in [6, 6.07) is 2.40. The van der Waals surface area contributed by atoms with Crippen LogP contribution in [-0.2, 0) is 0 Å². The van der Waals surface area contributed by atoms with Crippen LogP contribution in [0.1, 0.15) is 61.4 Å². The van der Waals surface area contributed by atoms with Gasteiger partial charge in [-0.05, 0) is 86.7 Å². The van der Waals surface area contributed by atoms with Crippen LogP contribution in [-0.4, -0.2) is 0 Å². The number of aryl methyl sites for hydroxylation is 1. The molecule has 1 nitrogen and oxygen atoms in total. The molecule has 4 aliphatic rings. The fourth-order valence-electron chi connectivity index (χ4n) is 5.77. The number of hydrogen-bond acceptors (Lipinski definition) is 2. The first-order chi connectivity index (χ1) is 9.53. The predicted molar refractivity (Wildman–Crippen MR) is 86.2 cm³/mol. The lowest BCUT2D eigenvalue weighted by Crippen LogP contribution is -2.47. The van der Waals surface area contributed by atoms with E-state index in [-0.39, 0.29) is 6.04 Å². The topological polar surface area (TPSA) is 26.0 Å². The Morgan fingerprint density at radius 2 is 1.80 bits per heavy atom. The molecule has 1 aromatic heterocycles. The van der Waals surface area contributed by atoms with Crippen molar-refractivity contribution >= 4 is 22.9 Å². The van der Waals surface area contributed by atoms with E-state index in [9.17, 15) is 0 Å². The first kappa shape index (κ1) is 13.6. The maximum absolute atomic E-state index is 6.55. The molecule has 5 rings (SSSR count). The smallest absolute Gasteiger partial charge is 0.0960 e. The lowest BCUT2D eigenvalue weighted by molar-refractivity contribution is -0.0603. The molecule has 0 aliphatic heterocycles. The molecule has 4 fully saturated rings. The Balaban J connectivity index is 1.53. The van der Waals surface area contributed by atoms with E-state index in [4.69, 9.17) is 17.3 Å². The Hall–Kier alpha value is -0.0500. The zero-order valence-corrected chi connectivity index (χ0v) is 13.8. The Bertz CT molecular complexity index is 466. The van der Waals surface area contributed by atoms with Crippen LogP contribution in [0.15, 0.2) is 6.07 Å². The van der Waals surface area contributed by atoms with Crippen molar-refractivity contribution in [1.29, 1.82) is 0 Å². The summed E-state index contributed by atoms with van der Waals surface area (Å²) in [5.74, 6) is 3.05. The summed E-state index contributed by atoms with van der Waals surface area (Å²) in [7, 11) is 0. The van der Waals surface area contributed by atoms with Crippen molar-refractivity contribution in [3.63, 3.8) is 0 Å². The third-order valence-electron chi connectivity index (χ3n) is 6.06. The highest BCUT2D eigenvalue weighted by atomic mass is 35.5. The fourth-order valence-corrected chi connectivity index (χ4v) is 6.99. The van der Waals surface area contributed by atoms with Crippen LogP contribution in [0, 0.1) is 30.1 Å². The highest BCUT2D eigenvalue weighted by Gasteiger charge is 2.51. The zero-order chi connectivity index (χ0) is 13.9. The SMILES string of the molecule is Cc1cc(C(N)CC23CC4CC(CC(C4)C2)C3)sc1Cl. The van der Waals surface area contributed by atoms with Crippen LogP contribution in [0.3, 0.4) is 0 Å². The van der Waals surface area contributed by atoms with Gasteiger partial charge in [-0.15, -0.1) is 11.3 Å². The third-order valence-corrected chi connectivity index (χ3v) is 7.75. The van der Waals surface area contributed by atoms with E-state index in [2.05, 4.69) is 13.0 Å². The Kier molecular flexibility index (Phi) is 3.21. The largest absolute Gasteiger partial charge is 0.323 e. The lowest BCUT2D eigenvalue weighted by Gasteiger charge is -2.57. The summed E-state index contributed by atoms with van der Waals surface area (Å²) < 4.78 is 0.918. The van der Waals surface area contributed by atoms with Gasteiger partial charge in [-0.1, -0.05) is 11.6 Å². The zero-order valence-electron chi connectivity index (χ0n) is 12.2. The maximum Gasteiger partial charge on any atom is 0.0960 e. The number of halogens is 1. The summed E-state index contributed by atoms with van der Waals surface area (Å²) in [6.07, 6.45) is 10.1. The van der Waals surface area contributed by atoms with Crippen LogP contribution in [0.2, 0.25) is 4.34 Å². The molecule has 110 valence electrons. The number of nitrogens with two attached hydrogens (primary N) is 1. The average Bonchev–Trinajstić information content (AvgIpc) is 2.67. The van der Waals surface area contributed by atoms with Crippen molar-refractivity contribution in [2.45, 2.75) is 57.9 Å². The van der Waals surface area contributed by atoms with Crippen molar-refractivity contribution in [3.8, 4) is 0 Å². The molecule has 0 spiro atoms. The Morgan fingerprint density at radius 1 is 1.25 bits per heavy atom. The molecule has 0 saturated heterocycles. The Morgan fingerprint density at radius 3 is 2.25 bits per heavy atom. The molecule has 4 bridgehead atoms. The minimum Gasteiger partial charge on any atom is -0.323 e. The predicted octanol–water partition coefficient (Wildman–Crippen LogP) is 5.32. The van der Waals surface area contributed by atoms with E-state index in [1.165, 1.54) is 55.4 Å². The second-order valence-corrected chi connectivity index (χ2v) is 9.52. The van der Waals surface area contributed by atoms with E-state index in [1.807, 2.05) is 0 Å². The molecule has 1 aromatic rings. The van der Waals surface area contributed by atoms with Crippen LogP contribution >= 0.6 is 22.9 Å². The van der Waals surface area contributed by atoms with E-state index < -0.39 is 0 Å². The molecular formula is C17H24ClNS. The van der Waals surface area contributed by atoms with Crippen molar-refractivity contribution in [1.82, 2.24) is 0 Å². The molecule has 4 saturated carbocycles. The minimum atomic E-state index is 0.197. The molecule has 1 unspecified atom stereocenters. The molecule has 4 aliphatic carbocycles. The van der Waals surface area contributed by atoms with Crippen LogP contribution in [0.5, 0.6) is 0 Å². The molecule has 0 aromatic carbocycles. The first-order valence-corrected chi connectivity index (χ1v) is 9.24. The fraction of sp³-hybridized carbons (Fsp3) is 0.765. The molecule has 0 amide bonds. The normalized spacial score (nSPS) is 40.2. The van der Waals surface area contributed by atoms with Gasteiger partial charge in [0.2, 0.25) is 0 Å². The van der Waals surface area contributed by atoms with Crippen molar-refractivity contribution in [2.75, 3.05) is 0 Å². The van der Waals surface area contributed by atoms with Crippen LogP contribution < -0.4 is 5.73 Å². The summed E-state index contributed by atoms with van der Waals surface area (Å²) in [5.41, 5.74) is 8.31. The van der Waals surface area contributed by atoms with E-state index >= 15 is 0 Å². The summed E-state index contributed by atoms with van der Waals surface area (Å²) in [5, 5.41) is 0. The van der Waals surface area contributed by atoms with E-state index in [0.29, 0.717) is 5.41 Å². The first-order valence-electron chi connectivity index (χ1n) is 8.04. The second kappa shape index (κ2) is 4.72. The summed E-state index contributed by atoms with van der Waals surface area (Å²) >= 11 is 7.90. The molecule has 1 heterocycles. The highest BCUT2D eigenvalue weighted by molar-refractivity contribution is 7.16. The summed E-state index contributed by atoms with van der Waals surface area (Å²) in [4.78, 5) is 1.29. The average molecular weight is 310 g/mol. The molecule has 0 radical (unpaired) electrons. The highest BCUT2D eigenvalue weighted by Crippen LogP contribution is 2.62. The van der Waals surface area contributed by atoms with Crippen molar-refractivity contribution < 1.29 is 0 Å². The maximum atomic E-state index is 6.55. The van der Waals surface area contributed by atoms with Gasteiger partial charge in [0.15, 0.2) is 0 Å². The standard InChI is InChI=1S/C17H24ClNS/c1-10-2-15(20-16(10)18)14(19)9-17-6-11-3-12(7-17)5-13(4-11)8-17/h2,11-14H,3-9,19H2,1H3.